The second-order valence-corrected chi connectivity index (χ2v) is 10.5. The second kappa shape index (κ2) is 12.1. The van der Waals surface area contributed by atoms with E-state index in [4.69, 9.17) is 33.8 Å². The largest absolute Gasteiger partial charge is 0.384 e. The third-order valence-electron chi connectivity index (χ3n) is 5.15. The van der Waals surface area contributed by atoms with E-state index < -0.39 is 11.9 Å². The highest BCUT2D eigenvalue weighted by Crippen LogP contribution is 2.28. The highest BCUT2D eigenvalue weighted by molar-refractivity contribution is 9.10. The number of halogens is 4. The number of nitrogens with one attached hydrogen (secondary N) is 1. The van der Waals surface area contributed by atoms with Gasteiger partial charge >= 0.3 is 5.97 Å². The Labute approximate surface area is 244 Å². The maximum atomic E-state index is 13.3. The Morgan fingerprint density at radius 1 is 1.13 bits per heavy atom. The van der Waals surface area contributed by atoms with Crippen molar-refractivity contribution in [2.45, 2.75) is 13.3 Å². The molecule has 2 aromatic heterocycles. The molecule has 0 radical (unpaired) electrons. The number of amides is 1. The molecule has 0 saturated carbocycles. The molecule has 2 heterocycles. The van der Waals surface area contributed by atoms with E-state index in [1.807, 2.05) is 24.3 Å². The van der Waals surface area contributed by atoms with Crippen LogP contribution in [0.4, 0.5) is 5.69 Å². The molecule has 13 heteroatoms. The van der Waals surface area contributed by atoms with Crippen molar-refractivity contribution in [2.75, 3.05) is 5.32 Å². The van der Waals surface area contributed by atoms with Crippen LogP contribution in [-0.2, 0) is 11.3 Å². The molecule has 1 amide bonds. The number of aromatic nitrogens is 3. The minimum Gasteiger partial charge on any atom is -0.384 e. The molecule has 0 saturated heterocycles. The van der Waals surface area contributed by atoms with Crippen LogP contribution >= 0.6 is 55.1 Å². The van der Waals surface area contributed by atoms with Gasteiger partial charge in [-0.3, -0.25) is 4.79 Å². The van der Waals surface area contributed by atoms with Crippen molar-refractivity contribution in [1.29, 1.82) is 0 Å². The van der Waals surface area contributed by atoms with Gasteiger partial charge in [-0.2, -0.15) is 5.10 Å². The molecular formula is C25H18Br2Cl2N6O3. The van der Waals surface area contributed by atoms with Crippen LogP contribution < -0.4 is 11.1 Å². The van der Waals surface area contributed by atoms with E-state index in [1.54, 1.807) is 25.1 Å². The first kappa shape index (κ1) is 27.8. The quantitative estimate of drug-likeness (QED) is 0.102. The Hall–Kier alpha value is -3.25. The molecule has 4 aromatic rings. The fraction of sp³-hybridized carbons (Fsp3) is 0.0800. The van der Waals surface area contributed by atoms with E-state index in [-0.39, 0.29) is 40.0 Å². The van der Waals surface area contributed by atoms with Crippen molar-refractivity contribution in [2.24, 2.45) is 10.9 Å². The molecule has 0 fully saturated rings. The molecule has 0 aliphatic rings. The molecule has 2 aromatic carbocycles. The lowest BCUT2D eigenvalue weighted by Crippen LogP contribution is -2.21. The van der Waals surface area contributed by atoms with Crippen molar-refractivity contribution in [3.8, 4) is 5.82 Å². The molecule has 0 spiro atoms. The topological polar surface area (TPSA) is 124 Å². The smallest absolute Gasteiger partial charge is 0.367 e. The van der Waals surface area contributed by atoms with Crippen molar-refractivity contribution in [3.63, 3.8) is 0 Å². The lowest BCUT2D eigenvalue weighted by molar-refractivity contribution is 0.0516. The highest BCUT2D eigenvalue weighted by Gasteiger charge is 2.23. The summed E-state index contributed by atoms with van der Waals surface area (Å²) < 4.78 is 2.60. The normalized spacial score (nSPS) is 11.3. The van der Waals surface area contributed by atoms with Crippen molar-refractivity contribution < 1.29 is 14.4 Å². The average Bonchev–Trinajstić information content (AvgIpc) is 3.27. The number of hydrogen-bond acceptors (Lipinski definition) is 6. The number of nitrogens with two attached hydrogens (primary N) is 1. The summed E-state index contributed by atoms with van der Waals surface area (Å²) in [5.41, 5.74) is 7.63. The number of pyridine rings is 1. The van der Waals surface area contributed by atoms with Crippen molar-refractivity contribution >= 4 is 78.5 Å². The number of amidine groups is 1. The summed E-state index contributed by atoms with van der Waals surface area (Å²) in [6.07, 6.45) is 1.80. The predicted molar refractivity (Wildman–Crippen MR) is 153 cm³/mol. The first-order valence-corrected chi connectivity index (χ1v) is 13.2. The van der Waals surface area contributed by atoms with Gasteiger partial charge in [0, 0.05) is 28.2 Å². The summed E-state index contributed by atoms with van der Waals surface area (Å²) in [5, 5.41) is 11.3. The molecule has 0 bridgehead atoms. The van der Waals surface area contributed by atoms with Crippen molar-refractivity contribution in [3.05, 3.63) is 102 Å². The van der Waals surface area contributed by atoms with Crippen molar-refractivity contribution in [1.82, 2.24) is 14.8 Å². The predicted octanol–water partition coefficient (Wildman–Crippen LogP) is 6.33. The standard InChI is InChI=1S/C25H18Br2Cl2N6O3/c1-13-9-16(28)11-17(25(37)38-34-21(30)10-14-4-6-15(26)7-5-14)22(13)32-24(36)19-12-20(27)33-35(19)23-18(29)3-2-8-31-23/h2-9,11-12H,10H2,1H3,(H2,30,34)(H,32,36). The molecule has 0 aliphatic carbocycles. The van der Waals surface area contributed by atoms with E-state index in [0.717, 1.165) is 10.0 Å². The number of carbonyl (C=O) groups is 2. The second-order valence-electron chi connectivity index (χ2n) is 7.94. The van der Waals surface area contributed by atoms with Crippen LogP contribution in [0.5, 0.6) is 0 Å². The van der Waals surface area contributed by atoms with Gasteiger partial charge in [-0.05, 0) is 70.4 Å². The molecule has 4 rings (SSSR count). The van der Waals surface area contributed by atoms with Crippen LogP contribution in [0, 0.1) is 6.92 Å². The molecule has 0 unspecified atom stereocenters. The Bertz CT molecular complexity index is 1560. The Morgan fingerprint density at radius 2 is 1.87 bits per heavy atom. The number of benzene rings is 2. The van der Waals surface area contributed by atoms with E-state index in [9.17, 15) is 9.59 Å². The van der Waals surface area contributed by atoms with Crippen LogP contribution in [0.3, 0.4) is 0 Å². The number of aryl methyl sites for hydroxylation is 1. The average molecular weight is 681 g/mol. The van der Waals surface area contributed by atoms with E-state index in [2.05, 4.69) is 52.4 Å². The molecular weight excluding hydrogens is 663 g/mol. The van der Waals surface area contributed by atoms with Gasteiger partial charge in [-0.25, -0.2) is 14.5 Å². The van der Waals surface area contributed by atoms with Gasteiger partial charge in [-0.1, -0.05) is 56.4 Å². The molecule has 0 aliphatic heterocycles. The summed E-state index contributed by atoms with van der Waals surface area (Å²) in [5.74, 6) is -1.09. The van der Waals surface area contributed by atoms with Gasteiger partial charge in [0.2, 0.25) is 0 Å². The van der Waals surface area contributed by atoms with Crippen LogP contribution in [0.1, 0.15) is 32.0 Å². The molecule has 9 nitrogen and oxygen atoms in total. The minimum absolute atomic E-state index is 0.00968. The summed E-state index contributed by atoms with van der Waals surface area (Å²) in [7, 11) is 0. The molecule has 3 N–H and O–H groups in total. The molecule has 194 valence electrons. The number of hydrogen-bond donors (Lipinski definition) is 2. The maximum Gasteiger partial charge on any atom is 0.367 e. The summed E-state index contributed by atoms with van der Waals surface area (Å²) in [4.78, 5) is 35.6. The van der Waals surface area contributed by atoms with E-state index in [1.165, 1.54) is 23.0 Å². The summed E-state index contributed by atoms with van der Waals surface area (Å²) >= 11 is 19.1. The zero-order chi connectivity index (χ0) is 27.4. The fourth-order valence-electron chi connectivity index (χ4n) is 3.45. The van der Waals surface area contributed by atoms with Gasteiger partial charge in [-0.15, -0.1) is 0 Å². The summed E-state index contributed by atoms with van der Waals surface area (Å²) in [6, 6.07) is 15.2. The number of anilines is 1. The third kappa shape index (κ3) is 6.60. The van der Waals surface area contributed by atoms with E-state index >= 15 is 0 Å². The van der Waals surface area contributed by atoms with Crippen LogP contribution in [-0.4, -0.2) is 32.5 Å². The number of rotatable bonds is 7. The van der Waals surface area contributed by atoms with E-state index in [0.29, 0.717) is 15.2 Å². The zero-order valence-electron chi connectivity index (χ0n) is 19.6. The number of carbonyl (C=O) groups excluding carboxylic acids is 2. The maximum absolute atomic E-state index is 13.3. The first-order valence-electron chi connectivity index (χ1n) is 10.9. The van der Waals surface area contributed by atoms with Gasteiger partial charge in [0.05, 0.1) is 16.3 Å². The highest BCUT2D eigenvalue weighted by atomic mass is 79.9. The zero-order valence-corrected chi connectivity index (χ0v) is 24.3. The first-order chi connectivity index (χ1) is 18.1. The fourth-order valence-corrected chi connectivity index (χ4v) is 4.56. The van der Waals surface area contributed by atoms with Gasteiger partial charge in [0.1, 0.15) is 16.1 Å². The van der Waals surface area contributed by atoms with Crippen LogP contribution in [0.2, 0.25) is 10.0 Å². The monoisotopic (exact) mass is 678 g/mol. The lowest BCUT2D eigenvalue weighted by atomic mass is 10.1. The van der Waals surface area contributed by atoms with Gasteiger partial charge in [0.25, 0.3) is 5.91 Å². The Balaban J connectivity index is 1.59. The van der Waals surface area contributed by atoms with Crippen LogP contribution in [0.15, 0.2) is 75.0 Å². The molecule has 38 heavy (non-hydrogen) atoms. The molecule has 0 atom stereocenters. The third-order valence-corrected chi connectivity index (χ3v) is 6.58. The number of oxime groups is 1. The SMILES string of the molecule is Cc1cc(Cl)cc(C(=O)O/N=C(\N)Cc2ccc(Br)cc2)c1NC(=O)c1cc(Br)nn1-c1ncccc1Cl. The summed E-state index contributed by atoms with van der Waals surface area (Å²) in [6.45, 7) is 1.69. The Kier molecular flexibility index (Phi) is 8.83. The van der Waals surface area contributed by atoms with Gasteiger partial charge in [0.15, 0.2) is 5.82 Å². The lowest BCUT2D eigenvalue weighted by Gasteiger charge is -2.14. The Morgan fingerprint density at radius 3 is 2.58 bits per heavy atom. The van der Waals surface area contributed by atoms with Gasteiger partial charge < -0.3 is 15.9 Å². The van der Waals surface area contributed by atoms with Crippen LogP contribution in [0.25, 0.3) is 5.82 Å². The minimum atomic E-state index is -0.855. The number of nitrogens with zero attached hydrogens (tertiary/aromatic N) is 4.